The van der Waals surface area contributed by atoms with Gasteiger partial charge in [-0.15, -0.1) is 0 Å². The van der Waals surface area contributed by atoms with E-state index in [1.54, 1.807) is 0 Å². The lowest BCUT2D eigenvalue weighted by Gasteiger charge is -2.28. The average Bonchev–Trinajstić information content (AvgIpc) is 3.40. The highest BCUT2D eigenvalue weighted by atomic mass is 19.4. The Morgan fingerprint density at radius 3 is 2.47 bits per heavy atom. The summed E-state index contributed by atoms with van der Waals surface area (Å²) in [5, 5.41) is 11.5. The molecule has 2 aromatic heterocycles. The molecule has 0 bridgehead atoms. The van der Waals surface area contributed by atoms with Gasteiger partial charge >= 0.3 is 12.1 Å². The molecule has 190 valence electrons. The molecule has 0 radical (unpaired) electrons. The summed E-state index contributed by atoms with van der Waals surface area (Å²) in [6.45, 7) is 4.09. The molecular formula is C26H27F3N4O3. The first kappa shape index (κ1) is 25.3. The maximum absolute atomic E-state index is 13.0. The molecule has 4 N–H and O–H groups in total. The lowest BCUT2D eigenvalue weighted by Crippen LogP contribution is -2.38. The van der Waals surface area contributed by atoms with Crippen molar-refractivity contribution in [3.63, 3.8) is 0 Å². The minimum Gasteiger partial charge on any atom is -0.475 e. The molecule has 1 amide bonds. The number of rotatable bonds is 3. The molecule has 0 saturated heterocycles. The number of alkyl halides is 3. The number of aryl methyl sites for hydroxylation is 2. The van der Waals surface area contributed by atoms with Gasteiger partial charge in [-0.05, 0) is 62.9 Å². The van der Waals surface area contributed by atoms with Crippen molar-refractivity contribution in [3.8, 4) is 0 Å². The van der Waals surface area contributed by atoms with Crippen molar-refractivity contribution in [3.05, 3.63) is 65.1 Å². The van der Waals surface area contributed by atoms with Crippen LogP contribution in [0.5, 0.6) is 0 Å². The van der Waals surface area contributed by atoms with E-state index >= 15 is 0 Å². The number of H-pyrrole nitrogens is 2. The third kappa shape index (κ3) is 5.53. The number of nitrogens with one attached hydrogen (secondary N) is 3. The van der Waals surface area contributed by atoms with Crippen LogP contribution in [0.15, 0.2) is 42.5 Å². The number of amides is 1. The number of halogens is 3. The van der Waals surface area contributed by atoms with Gasteiger partial charge in [0.2, 0.25) is 0 Å². The minimum absolute atomic E-state index is 0.00777. The monoisotopic (exact) mass is 500 g/mol. The van der Waals surface area contributed by atoms with E-state index in [9.17, 15) is 18.0 Å². The lowest BCUT2D eigenvalue weighted by atomic mass is 9.85. The second kappa shape index (κ2) is 10.0. The number of carbonyl (C=O) groups is 2. The fraction of sp³-hybridized carbons (Fsp3) is 0.346. The zero-order valence-electron chi connectivity index (χ0n) is 19.9. The normalized spacial score (nSPS) is 18.0. The number of aromatic amines is 2. The summed E-state index contributed by atoms with van der Waals surface area (Å²) in [4.78, 5) is 33.5. The highest BCUT2D eigenvalue weighted by Gasteiger charge is 2.38. The van der Waals surface area contributed by atoms with Gasteiger partial charge < -0.3 is 20.4 Å². The quantitative estimate of drug-likeness (QED) is 0.287. The Kier molecular flexibility index (Phi) is 7.05. The van der Waals surface area contributed by atoms with Gasteiger partial charge in [-0.1, -0.05) is 30.2 Å². The van der Waals surface area contributed by atoms with E-state index in [1.165, 1.54) is 5.56 Å². The molecule has 1 aliphatic rings. The van der Waals surface area contributed by atoms with Crippen molar-refractivity contribution in [1.82, 2.24) is 20.3 Å². The maximum atomic E-state index is 13.0. The van der Waals surface area contributed by atoms with Crippen LogP contribution < -0.4 is 5.32 Å². The van der Waals surface area contributed by atoms with Crippen LogP contribution in [0.4, 0.5) is 13.2 Å². The van der Waals surface area contributed by atoms with Crippen LogP contribution in [0, 0.1) is 13.8 Å². The smallest absolute Gasteiger partial charge is 0.475 e. The molecule has 2 heterocycles. The van der Waals surface area contributed by atoms with Crippen molar-refractivity contribution in [1.29, 1.82) is 0 Å². The number of benzene rings is 2. The van der Waals surface area contributed by atoms with Crippen LogP contribution in [-0.4, -0.2) is 44.2 Å². The summed E-state index contributed by atoms with van der Waals surface area (Å²) in [6, 6.07) is 14.6. The zero-order valence-corrected chi connectivity index (χ0v) is 19.9. The van der Waals surface area contributed by atoms with Gasteiger partial charge in [0.05, 0.1) is 11.0 Å². The zero-order chi connectivity index (χ0) is 26.0. The number of carboxylic acids is 1. The predicted molar refractivity (Wildman–Crippen MR) is 130 cm³/mol. The number of fused-ring (bicyclic) bond motifs is 2. The standard InChI is InChI=1S/C24H26N4O.C2HF3O2/c1-14-10-11-19-18(12-14)15(2)22(26-19)24(29)25-17-7-5-6-16(13-17)23-27-20-8-3-4-9-21(20)28-23;3-2(4,5)1(6)7/h3-4,8-12,16-17,26H,5-7,13H2,1-2H3,(H,25,29)(H,27,28);(H,6,7)/t16-,17+;/m0./s1. The Morgan fingerprint density at radius 1 is 1.06 bits per heavy atom. The van der Waals surface area contributed by atoms with Crippen LogP contribution in [0.3, 0.4) is 0 Å². The first-order valence-corrected chi connectivity index (χ1v) is 11.7. The third-order valence-electron chi connectivity index (χ3n) is 6.49. The van der Waals surface area contributed by atoms with E-state index in [2.05, 4.69) is 40.4 Å². The third-order valence-corrected chi connectivity index (χ3v) is 6.49. The molecule has 0 spiro atoms. The van der Waals surface area contributed by atoms with Gasteiger partial charge in [-0.3, -0.25) is 4.79 Å². The van der Waals surface area contributed by atoms with Gasteiger partial charge in [0.15, 0.2) is 0 Å². The number of carbonyl (C=O) groups excluding carboxylic acids is 1. The van der Waals surface area contributed by atoms with E-state index in [1.807, 2.05) is 31.2 Å². The molecule has 10 heteroatoms. The number of hydrogen-bond donors (Lipinski definition) is 4. The molecular weight excluding hydrogens is 473 g/mol. The van der Waals surface area contributed by atoms with Crippen molar-refractivity contribution in [2.45, 2.75) is 57.7 Å². The Hall–Kier alpha value is -3.82. The number of hydrogen-bond acceptors (Lipinski definition) is 3. The molecule has 1 saturated carbocycles. The number of imidazole rings is 1. The van der Waals surface area contributed by atoms with Crippen molar-refractivity contribution in [2.75, 3.05) is 0 Å². The maximum Gasteiger partial charge on any atom is 0.490 e. The van der Waals surface area contributed by atoms with Gasteiger partial charge in [-0.25, -0.2) is 9.78 Å². The highest BCUT2D eigenvalue weighted by Crippen LogP contribution is 2.33. The summed E-state index contributed by atoms with van der Waals surface area (Å²) in [5.74, 6) is -1.37. The predicted octanol–water partition coefficient (Wildman–Crippen LogP) is 5.75. The molecule has 36 heavy (non-hydrogen) atoms. The molecule has 0 unspecified atom stereocenters. The summed E-state index contributed by atoms with van der Waals surface area (Å²) in [7, 11) is 0. The first-order chi connectivity index (χ1) is 17.0. The summed E-state index contributed by atoms with van der Waals surface area (Å²) < 4.78 is 31.7. The second-order valence-electron chi connectivity index (χ2n) is 9.15. The van der Waals surface area contributed by atoms with E-state index in [-0.39, 0.29) is 11.9 Å². The Morgan fingerprint density at radius 2 is 1.78 bits per heavy atom. The Bertz CT molecular complexity index is 1370. The van der Waals surface area contributed by atoms with Crippen molar-refractivity contribution >= 4 is 33.8 Å². The SMILES string of the molecule is Cc1ccc2[nH]c(C(=O)N[C@@H]3CCC[C@H](c4nc5ccccc5[nH]4)C3)c(C)c2c1.O=C(O)C(F)(F)F. The van der Waals surface area contributed by atoms with Gasteiger partial charge in [0, 0.05) is 22.9 Å². The molecule has 1 fully saturated rings. The Labute approximate surface area is 205 Å². The fourth-order valence-corrected chi connectivity index (χ4v) is 4.66. The van der Waals surface area contributed by atoms with Crippen LogP contribution in [-0.2, 0) is 4.79 Å². The number of aliphatic carboxylic acids is 1. The molecule has 5 rings (SSSR count). The average molecular weight is 501 g/mol. The van der Waals surface area contributed by atoms with E-state index < -0.39 is 12.1 Å². The van der Waals surface area contributed by atoms with Gasteiger partial charge in [0.25, 0.3) is 5.91 Å². The number of carboxylic acid groups (broad SMARTS) is 1. The lowest BCUT2D eigenvalue weighted by molar-refractivity contribution is -0.192. The molecule has 2 aromatic carbocycles. The van der Waals surface area contributed by atoms with Gasteiger partial charge in [0.1, 0.15) is 11.5 Å². The molecule has 1 aliphatic carbocycles. The first-order valence-electron chi connectivity index (χ1n) is 11.7. The molecule has 2 atom stereocenters. The van der Waals surface area contributed by atoms with Crippen molar-refractivity contribution < 1.29 is 27.9 Å². The number of nitrogens with zero attached hydrogens (tertiary/aromatic N) is 1. The van der Waals surface area contributed by atoms with Crippen LogP contribution >= 0.6 is 0 Å². The van der Waals surface area contributed by atoms with E-state index in [0.29, 0.717) is 11.6 Å². The van der Waals surface area contributed by atoms with Gasteiger partial charge in [-0.2, -0.15) is 13.2 Å². The number of para-hydroxylation sites is 2. The number of aromatic nitrogens is 3. The largest absolute Gasteiger partial charge is 0.490 e. The summed E-state index contributed by atoms with van der Waals surface area (Å²) in [5.41, 5.74) is 6.01. The Balaban J connectivity index is 0.000000384. The van der Waals surface area contributed by atoms with E-state index in [0.717, 1.165) is 59.0 Å². The highest BCUT2D eigenvalue weighted by molar-refractivity contribution is 6.01. The van der Waals surface area contributed by atoms with Crippen LogP contribution in [0.1, 0.15) is 59.0 Å². The van der Waals surface area contributed by atoms with E-state index in [4.69, 9.17) is 14.9 Å². The molecule has 4 aromatic rings. The summed E-state index contributed by atoms with van der Waals surface area (Å²) in [6.07, 6.45) is -0.945. The summed E-state index contributed by atoms with van der Waals surface area (Å²) >= 11 is 0. The second-order valence-corrected chi connectivity index (χ2v) is 9.15. The van der Waals surface area contributed by atoms with Crippen LogP contribution in [0.2, 0.25) is 0 Å². The topological polar surface area (TPSA) is 111 Å². The molecule has 0 aliphatic heterocycles. The van der Waals surface area contributed by atoms with Crippen LogP contribution in [0.25, 0.3) is 21.9 Å². The fourth-order valence-electron chi connectivity index (χ4n) is 4.66. The molecule has 7 nitrogen and oxygen atoms in total. The van der Waals surface area contributed by atoms with Crippen molar-refractivity contribution in [2.24, 2.45) is 0 Å². The minimum atomic E-state index is -5.08.